The Morgan fingerprint density at radius 3 is 2.57 bits per heavy atom. The van der Waals surface area contributed by atoms with Gasteiger partial charge in [-0.05, 0) is 61.4 Å². The van der Waals surface area contributed by atoms with Crippen LogP contribution < -0.4 is 16.4 Å². The number of fused-ring (bicyclic) bond motifs is 3. The molecule has 3 heterocycles. The van der Waals surface area contributed by atoms with Crippen LogP contribution in [-0.4, -0.2) is 103 Å². The predicted molar refractivity (Wildman–Crippen MR) is 181 cm³/mol. The molecule has 2 saturated heterocycles. The summed E-state index contributed by atoms with van der Waals surface area (Å²) in [6.07, 6.45) is 6.22. The number of hydrogen-bond donors (Lipinski definition) is 4. The second-order valence-corrected chi connectivity index (χ2v) is 13.6. The van der Waals surface area contributed by atoms with Gasteiger partial charge in [0.05, 0.1) is 5.92 Å². The Kier molecular flexibility index (Phi) is 9.38. The molecule has 1 aromatic heterocycles. The number of benzene rings is 2. The SMILES string of the molecule is CC(c1c[nH]c2ccccc12)C(NC(=O)N(C)C1CCCNC1)C(=O)N1CCC2(CC1)CC(C(=O)N(C)CCN)c1ccccc12. The Hall–Kier alpha value is -3.89. The lowest BCUT2D eigenvalue weighted by Crippen LogP contribution is -2.58. The minimum atomic E-state index is -0.727. The average molecular weight is 628 g/mol. The Morgan fingerprint density at radius 1 is 1.09 bits per heavy atom. The third kappa shape index (κ3) is 6.00. The molecule has 10 nitrogen and oxygen atoms in total. The standard InChI is InChI=1S/C36H49N7O3/c1-24(29-23-39-31-13-7-5-11-27(29)31)32(40-35(46)42(3)25-9-8-17-38-22-25)34(45)43-18-14-36(15-19-43)21-28(33(44)41(2)20-16-37)26-10-4-6-12-30(26)36/h4-7,10-13,23-25,28,32,38-39H,8-9,14-22,37H2,1-3H3,(H,40,46). The van der Waals surface area contributed by atoms with Gasteiger partial charge in [-0.15, -0.1) is 0 Å². The maximum absolute atomic E-state index is 14.5. The molecular weight excluding hydrogens is 578 g/mol. The zero-order valence-electron chi connectivity index (χ0n) is 27.4. The number of likely N-dealkylation sites (tertiary alicyclic amines) is 1. The number of nitrogens with two attached hydrogens (primary N) is 1. The summed E-state index contributed by atoms with van der Waals surface area (Å²) in [7, 11) is 3.66. The molecule has 4 unspecified atom stereocenters. The number of rotatable bonds is 8. The molecule has 5 N–H and O–H groups in total. The molecule has 3 aromatic rings. The van der Waals surface area contributed by atoms with Crippen LogP contribution >= 0.6 is 0 Å². The molecule has 1 aliphatic carbocycles. The number of aromatic amines is 1. The number of piperidine rings is 2. The third-order valence-electron chi connectivity index (χ3n) is 11.0. The van der Waals surface area contributed by atoms with Gasteiger partial charge in [0, 0.05) is 81.3 Å². The summed E-state index contributed by atoms with van der Waals surface area (Å²) in [6, 6.07) is 15.5. The van der Waals surface area contributed by atoms with Crippen LogP contribution in [-0.2, 0) is 15.0 Å². The fourth-order valence-corrected chi connectivity index (χ4v) is 8.13. The van der Waals surface area contributed by atoms with E-state index in [9.17, 15) is 14.4 Å². The summed E-state index contributed by atoms with van der Waals surface area (Å²) in [4.78, 5) is 50.5. The molecule has 3 aliphatic rings. The van der Waals surface area contributed by atoms with Gasteiger partial charge in [0.15, 0.2) is 0 Å². The Labute approximate surface area is 272 Å². The van der Waals surface area contributed by atoms with Gasteiger partial charge in [0.1, 0.15) is 6.04 Å². The number of hydrogen-bond acceptors (Lipinski definition) is 5. The zero-order chi connectivity index (χ0) is 32.4. The summed E-state index contributed by atoms with van der Waals surface area (Å²) in [5.41, 5.74) is 9.97. The molecule has 2 aromatic carbocycles. The Balaban J connectivity index is 1.22. The number of carbonyl (C=O) groups is 3. The molecule has 4 amide bonds. The highest BCUT2D eigenvalue weighted by molar-refractivity contribution is 5.91. The highest BCUT2D eigenvalue weighted by atomic mass is 16.2. The normalized spacial score (nSPS) is 21.9. The van der Waals surface area contributed by atoms with Gasteiger partial charge in [-0.1, -0.05) is 49.4 Å². The lowest BCUT2D eigenvalue weighted by Gasteiger charge is -2.42. The van der Waals surface area contributed by atoms with Crippen molar-refractivity contribution < 1.29 is 14.4 Å². The maximum Gasteiger partial charge on any atom is 0.318 e. The minimum absolute atomic E-state index is 0.0577. The first-order valence-corrected chi connectivity index (χ1v) is 16.9. The van der Waals surface area contributed by atoms with Crippen LogP contribution in [0.1, 0.15) is 67.6 Å². The van der Waals surface area contributed by atoms with Crippen molar-refractivity contribution >= 4 is 28.7 Å². The molecule has 4 atom stereocenters. The van der Waals surface area contributed by atoms with Gasteiger partial charge in [0.2, 0.25) is 11.8 Å². The van der Waals surface area contributed by atoms with Gasteiger partial charge < -0.3 is 36.1 Å². The lowest BCUT2D eigenvalue weighted by atomic mass is 9.73. The van der Waals surface area contributed by atoms with Crippen LogP contribution in [0.15, 0.2) is 54.7 Å². The van der Waals surface area contributed by atoms with Gasteiger partial charge >= 0.3 is 6.03 Å². The fourth-order valence-electron chi connectivity index (χ4n) is 8.13. The molecule has 1 spiro atoms. The van der Waals surface area contributed by atoms with Crippen LogP contribution in [0.3, 0.4) is 0 Å². The number of carbonyl (C=O) groups excluding carboxylic acids is 3. The molecule has 2 aliphatic heterocycles. The molecule has 10 heteroatoms. The van der Waals surface area contributed by atoms with Crippen LogP contribution in [0, 0.1) is 0 Å². The number of amides is 4. The third-order valence-corrected chi connectivity index (χ3v) is 11.0. The summed E-state index contributed by atoms with van der Waals surface area (Å²) >= 11 is 0. The smallest absolute Gasteiger partial charge is 0.318 e. The number of H-pyrrole nitrogens is 1. The number of para-hydroxylation sites is 1. The van der Waals surface area contributed by atoms with E-state index in [1.165, 1.54) is 5.56 Å². The van der Waals surface area contributed by atoms with E-state index < -0.39 is 6.04 Å². The van der Waals surface area contributed by atoms with Crippen LogP contribution in [0.2, 0.25) is 0 Å². The molecule has 6 rings (SSSR count). The highest BCUT2D eigenvalue weighted by Gasteiger charge is 2.49. The quantitative estimate of drug-likeness (QED) is 0.304. The first-order valence-electron chi connectivity index (χ1n) is 16.9. The van der Waals surface area contributed by atoms with Crippen LogP contribution in [0.4, 0.5) is 4.79 Å². The Bertz CT molecular complexity index is 1560. The summed E-state index contributed by atoms with van der Waals surface area (Å²) in [6.45, 7) is 5.85. The van der Waals surface area contributed by atoms with E-state index in [1.54, 1.807) is 9.80 Å². The second kappa shape index (κ2) is 13.5. The van der Waals surface area contributed by atoms with E-state index in [4.69, 9.17) is 5.73 Å². The van der Waals surface area contributed by atoms with Crippen LogP contribution in [0.25, 0.3) is 10.9 Å². The average Bonchev–Trinajstić information content (AvgIpc) is 3.66. The van der Waals surface area contributed by atoms with Crippen molar-refractivity contribution in [1.29, 1.82) is 0 Å². The number of likely N-dealkylation sites (N-methyl/N-ethyl adjacent to an activating group) is 2. The van der Waals surface area contributed by atoms with Crippen molar-refractivity contribution in [1.82, 2.24) is 30.3 Å². The van der Waals surface area contributed by atoms with E-state index in [0.29, 0.717) is 26.2 Å². The maximum atomic E-state index is 14.5. The van der Waals surface area contributed by atoms with Gasteiger partial charge in [0.25, 0.3) is 0 Å². The van der Waals surface area contributed by atoms with Crippen molar-refractivity contribution in [2.24, 2.45) is 5.73 Å². The molecule has 0 bridgehead atoms. The zero-order valence-corrected chi connectivity index (χ0v) is 27.4. The van der Waals surface area contributed by atoms with Gasteiger partial charge in [-0.3, -0.25) is 9.59 Å². The summed E-state index contributed by atoms with van der Waals surface area (Å²) in [5.74, 6) is -0.402. The van der Waals surface area contributed by atoms with E-state index in [0.717, 1.165) is 67.2 Å². The number of nitrogens with one attached hydrogen (secondary N) is 3. The molecule has 46 heavy (non-hydrogen) atoms. The van der Waals surface area contributed by atoms with E-state index in [2.05, 4.69) is 39.9 Å². The van der Waals surface area contributed by atoms with E-state index >= 15 is 0 Å². The molecule has 0 radical (unpaired) electrons. The highest BCUT2D eigenvalue weighted by Crippen LogP contribution is 2.52. The Morgan fingerprint density at radius 2 is 1.83 bits per heavy atom. The molecule has 246 valence electrons. The number of nitrogens with zero attached hydrogens (tertiary/aromatic N) is 3. The number of aromatic nitrogens is 1. The van der Waals surface area contributed by atoms with Crippen molar-refractivity contribution in [2.75, 3.05) is 53.4 Å². The predicted octanol–water partition coefficient (Wildman–Crippen LogP) is 3.50. The van der Waals surface area contributed by atoms with E-state index in [-0.39, 0.29) is 41.1 Å². The molecule has 2 fully saturated rings. The van der Waals surface area contributed by atoms with Crippen LogP contribution in [0.5, 0.6) is 0 Å². The lowest BCUT2D eigenvalue weighted by molar-refractivity contribution is -0.136. The largest absolute Gasteiger partial charge is 0.361 e. The first-order chi connectivity index (χ1) is 22.2. The van der Waals surface area contributed by atoms with Crippen molar-refractivity contribution in [3.8, 4) is 0 Å². The number of urea groups is 1. The second-order valence-electron chi connectivity index (χ2n) is 13.6. The summed E-state index contributed by atoms with van der Waals surface area (Å²) in [5, 5.41) is 7.63. The monoisotopic (exact) mass is 627 g/mol. The fraction of sp³-hybridized carbons (Fsp3) is 0.528. The van der Waals surface area contributed by atoms with Crippen molar-refractivity contribution in [3.63, 3.8) is 0 Å². The topological polar surface area (TPSA) is 127 Å². The minimum Gasteiger partial charge on any atom is -0.361 e. The molecular formula is C36H49N7O3. The van der Waals surface area contributed by atoms with Gasteiger partial charge in [-0.25, -0.2) is 4.79 Å². The van der Waals surface area contributed by atoms with E-state index in [1.807, 2.05) is 56.4 Å². The summed E-state index contributed by atoms with van der Waals surface area (Å²) < 4.78 is 0. The van der Waals surface area contributed by atoms with Crippen molar-refractivity contribution in [2.45, 2.75) is 68.4 Å². The first kappa shape index (κ1) is 32.1. The van der Waals surface area contributed by atoms with Gasteiger partial charge in [-0.2, -0.15) is 0 Å². The van der Waals surface area contributed by atoms with Crippen molar-refractivity contribution in [3.05, 3.63) is 71.4 Å². The molecule has 0 saturated carbocycles.